The maximum Gasteiger partial charge on any atom is 0.412 e. The molecule has 0 radical (unpaired) electrons. The van der Waals surface area contributed by atoms with E-state index >= 15 is 8.78 Å². The second kappa shape index (κ2) is 12.2. The molecule has 0 saturated carbocycles. The summed E-state index contributed by atoms with van der Waals surface area (Å²) in [6.07, 6.45) is 1.72. The van der Waals surface area contributed by atoms with Gasteiger partial charge >= 0.3 is 12.1 Å². The number of hydrogen-bond acceptors (Lipinski definition) is 6. The molecule has 0 aromatic heterocycles. The normalized spacial score (nSPS) is 17.9. The Hall–Kier alpha value is -3.79. The van der Waals surface area contributed by atoms with Gasteiger partial charge in [0.15, 0.2) is 0 Å². The summed E-state index contributed by atoms with van der Waals surface area (Å²) in [5.74, 6) is -4.02. The Balaban J connectivity index is 1.73. The van der Waals surface area contributed by atoms with Crippen LogP contribution in [0.2, 0.25) is 0 Å². The lowest BCUT2D eigenvalue weighted by molar-refractivity contribution is -0.148. The molecule has 2 aromatic rings. The molecule has 2 atom stereocenters. The Labute approximate surface area is 221 Å². The zero-order valence-electron chi connectivity index (χ0n) is 22.1. The Morgan fingerprint density at radius 3 is 2.24 bits per heavy atom. The van der Waals surface area contributed by atoms with Crippen molar-refractivity contribution in [2.24, 2.45) is 5.92 Å². The van der Waals surface area contributed by atoms with Crippen LogP contribution in [0.1, 0.15) is 44.7 Å². The number of hydrogen-bond donors (Lipinski definition) is 2. The van der Waals surface area contributed by atoms with Crippen molar-refractivity contribution in [2.75, 3.05) is 37.4 Å². The van der Waals surface area contributed by atoms with Crippen molar-refractivity contribution in [3.8, 4) is 0 Å². The van der Waals surface area contributed by atoms with Crippen molar-refractivity contribution in [1.82, 2.24) is 4.90 Å². The van der Waals surface area contributed by atoms with E-state index in [2.05, 4.69) is 10.6 Å². The molecule has 1 saturated heterocycles. The zero-order chi connectivity index (χ0) is 28.0. The van der Waals surface area contributed by atoms with E-state index < -0.39 is 47.0 Å². The van der Waals surface area contributed by atoms with Gasteiger partial charge < -0.3 is 19.7 Å². The molecule has 204 valence electrons. The highest BCUT2D eigenvalue weighted by Crippen LogP contribution is 2.36. The molecule has 2 aromatic carbocycles. The van der Waals surface area contributed by atoms with E-state index in [0.29, 0.717) is 24.5 Å². The number of para-hydroxylation sites is 2. The van der Waals surface area contributed by atoms with Gasteiger partial charge in [-0.15, -0.1) is 0 Å². The number of nitrogens with zero attached hydrogens (tertiary/aromatic N) is 1. The molecule has 0 spiro atoms. The maximum absolute atomic E-state index is 15.1. The first-order valence-corrected chi connectivity index (χ1v) is 12.3. The fourth-order valence-corrected chi connectivity index (χ4v) is 4.30. The first-order valence-electron chi connectivity index (χ1n) is 12.3. The lowest BCUT2D eigenvalue weighted by Gasteiger charge is -2.20. The van der Waals surface area contributed by atoms with E-state index in [4.69, 9.17) is 9.47 Å². The van der Waals surface area contributed by atoms with Crippen molar-refractivity contribution >= 4 is 35.4 Å². The summed E-state index contributed by atoms with van der Waals surface area (Å²) < 4.78 is 40.5. The molecule has 3 rings (SSSR count). The molecule has 2 amide bonds. The molecule has 38 heavy (non-hydrogen) atoms. The van der Waals surface area contributed by atoms with Gasteiger partial charge in [0, 0.05) is 30.6 Å². The van der Waals surface area contributed by atoms with Crippen LogP contribution in [0.25, 0.3) is 6.08 Å². The molecule has 0 aliphatic carbocycles. The minimum atomic E-state index is -0.799. The fraction of sp³-hybridized carbons (Fsp3) is 0.393. The monoisotopic (exact) mass is 529 g/mol. The first kappa shape index (κ1) is 28.8. The summed E-state index contributed by atoms with van der Waals surface area (Å²) in [7, 11) is 1.78. The minimum Gasteiger partial charge on any atom is -0.466 e. The Morgan fingerprint density at radius 1 is 1.05 bits per heavy atom. The van der Waals surface area contributed by atoms with Crippen LogP contribution >= 0.6 is 0 Å². The van der Waals surface area contributed by atoms with Gasteiger partial charge in [0.1, 0.15) is 17.2 Å². The molecule has 2 unspecified atom stereocenters. The quantitative estimate of drug-likeness (QED) is 0.379. The Morgan fingerprint density at radius 2 is 1.66 bits per heavy atom. The smallest absolute Gasteiger partial charge is 0.412 e. The Bertz CT molecular complexity index is 1200. The number of carbonyl (C=O) groups is 3. The summed E-state index contributed by atoms with van der Waals surface area (Å²) >= 11 is 0. The predicted molar refractivity (Wildman–Crippen MR) is 141 cm³/mol. The van der Waals surface area contributed by atoms with Crippen molar-refractivity contribution in [3.63, 3.8) is 0 Å². The van der Waals surface area contributed by atoms with Crippen LogP contribution in [-0.2, 0) is 19.1 Å². The topological polar surface area (TPSA) is 97.0 Å². The lowest BCUT2D eigenvalue weighted by Crippen LogP contribution is -2.27. The number of carbonyl (C=O) groups excluding carboxylic acids is 3. The number of ether oxygens (including phenoxy) is 2. The number of nitrogens with one attached hydrogen (secondary N) is 2. The van der Waals surface area contributed by atoms with E-state index in [1.54, 1.807) is 59.0 Å². The van der Waals surface area contributed by atoms with Crippen LogP contribution in [0, 0.1) is 17.6 Å². The number of rotatable bonds is 7. The number of likely N-dealkylation sites (N-methyl/N-ethyl adjacent to an activating group) is 1. The van der Waals surface area contributed by atoms with E-state index in [0.717, 1.165) is 18.2 Å². The summed E-state index contributed by atoms with van der Waals surface area (Å²) in [4.78, 5) is 38.8. The third-order valence-electron chi connectivity index (χ3n) is 5.81. The van der Waals surface area contributed by atoms with Crippen LogP contribution in [0.15, 0.2) is 42.5 Å². The summed E-state index contributed by atoms with van der Waals surface area (Å²) in [6.45, 7) is 7.71. The largest absolute Gasteiger partial charge is 0.466 e. The highest BCUT2D eigenvalue weighted by Gasteiger charge is 2.40. The number of likely N-dealkylation sites (tertiary alicyclic amines) is 1. The second-order valence-electron chi connectivity index (χ2n) is 10.1. The average Bonchev–Trinajstić information content (AvgIpc) is 3.18. The van der Waals surface area contributed by atoms with E-state index in [1.165, 1.54) is 6.08 Å². The predicted octanol–water partition coefficient (Wildman–Crippen LogP) is 5.17. The molecule has 2 N–H and O–H groups in total. The first-order chi connectivity index (χ1) is 17.9. The van der Waals surface area contributed by atoms with Crippen LogP contribution in [0.3, 0.4) is 0 Å². The van der Waals surface area contributed by atoms with Gasteiger partial charge in [0.2, 0.25) is 5.91 Å². The number of anilines is 2. The second-order valence-corrected chi connectivity index (χ2v) is 10.1. The summed E-state index contributed by atoms with van der Waals surface area (Å²) in [5.41, 5.74) is -0.0913. The fourth-order valence-electron chi connectivity index (χ4n) is 4.30. The van der Waals surface area contributed by atoms with Gasteiger partial charge in [-0.3, -0.25) is 14.9 Å². The molecule has 0 bridgehead atoms. The average molecular weight is 530 g/mol. The van der Waals surface area contributed by atoms with Gasteiger partial charge in [-0.05, 0) is 70.6 Å². The maximum atomic E-state index is 15.1. The minimum absolute atomic E-state index is 0.137. The summed E-state index contributed by atoms with van der Waals surface area (Å²) in [6, 6.07) is 8.79. The van der Waals surface area contributed by atoms with Crippen molar-refractivity contribution < 1.29 is 32.6 Å². The molecule has 1 aliphatic rings. The van der Waals surface area contributed by atoms with Crippen LogP contribution in [-0.4, -0.2) is 55.2 Å². The van der Waals surface area contributed by atoms with Crippen LogP contribution in [0.4, 0.5) is 25.0 Å². The molecular formula is C28H33F2N3O5. The molecule has 8 nitrogen and oxygen atoms in total. The number of amides is 2. The van der Waals surface area contributed by atoms with Crippen molar-refractivity contribution in [1.29, 1.82) is 0 Å². The van der Waals surface area contributed by atoms with E-state index in [-0.39, 0.29) is 17.7 Å². The summed E-state index contributed by atoms with van der Waals surface area (Å²) in [5, 5.41) is 5.21. The Kier molecular flexibility index (Phi) is 9.22. The number of halogens is 2. The van der Waals surface area contributed by atoms with Gasteiger partial charge in [-0.2, -0.15) is 0 Å². The van der Waals surface area contributed by atoms with E-state index in [1.807, 2.05) is 4.90 Å². The van der Waals surface area contributed by atoms with Gasteiger partial charge in [-0.1, -0.05) is 12.1 Å². The lowest BCUT2D eigenvalue weighted by atomic mass is 9.87. The highest BCUT2D eigenvalue weighted by molar-refractivity contribution is 6.05. The molecule has 1 fully saturated rings. The third kappa shape index (κ3) is 7.61. The molecule has 10 heteroatoms. The zero-order valence-corrected chi connectivity index (χ0v) is 22.1. The van der Waals surface area contributed by atoms with Crippen LogP contribution < -0.4 is 10.6 Å². The third-order valence-corrected chi connectivity index (χ3v) is 5.81. The SMILES string of the molecule is CCOC(=O)C1CN(C)CC1c1c(F)cc(C=CC(=O)Nc2ccccc2NC(=O)OC(C)(C)C)cc1F. The molecule has 1 aliphatic heterocycles. The van der Waals surface area contributed by atoms with Crippen LogP contribution in [0.5, 0.6) is 0 Å². The van der Waals surface area contributed by atoms with Crippen molar-refractivity contribution in [3.05, 3.63) is 65.2 Å². The number of benzene rings is 2. The highest BCUT2D eigenvalue weighted by atomic mass is 19.1. The van der Waals surface area contributed by atoms with Gasteiger partial charge in [0.25, 0.3) is 0 Å². The number of esters is 1. The van der Waals surface area contributed by atoms with Crippen molar-refractivity contribution in [2.45, 2.75) is 39.2 Å². The molecule has 1 heterocycles. The van der Waals surface area contributed by atoms with E-state index in [9.17, 15) is 14.4 Å². The van der Waals surface area contributed by atoms with Gasteiger partial charge in [-0.25, -0.2) is 13.6 Å². The molecular weight excluding hydrogens is 496 g/mol. The van der Waals surface area contributed by atoms with Gasteiger partial charge in [0.05, 0.1) is 23.9 Å². The standard InChI is InChI=1S/C28H33F2N3O5/c1-6-37-26(35)19-16-33(5)15-18(19)25-20(29)13-17(14-21(25)30)11-12-24(34)31-22-9-7-8-10-23(22)32-27(36)38-28(2,3)4/h7-14,18-19H,6,15-16H2,1-5H3,(H,31,34)(H,32,36).